The zero-order valence-corrected chi connectivity index (χ0v) is 27.6. The van der Waals surface area contributed by atoms with E-state index in [0.717, 1.165) is 42.0 Å². The number of carbonyl (C=O) groups is 2. The van der Waals surface area contributed by atoms with Crippen molar-refractivity contribution in [2.45, 2.75) is 68.8 Å². The Labute approximate surface area is 271 Å². The van der Waals surface area contributed by atoms with Gasteiger partial charge in [-0.1, -0.05) is 68.1 Å². The van der Waals surface area contributed by atoms with Crippen LogP contribution in [0.2, 0.25) is 5.02 Å². The van der Waals surface area contributed by atoms with Gasteiger partial charge in [-0.25, -0.2) is 8.42 Å². The molecule has 1 atom stereocenters. The molecule has 11 heteroatoms. The molecule has 45 heavy (non-hydrogen) atoms. The van der Waals surface area contributed by atoms with E-state index in [0.29, 0.717) is 23.6 Å². The molecule has 1 N–H and O–H groups in total. The van der Waals surface area contributed by atoms with Crippen molar-refractivity contribution in [3.05, 3.63) is 83.4 Å². The number of hydrogen-bond donors (Lipinski definition) is 1. The maximum absolute atomic E-state index is 14.3. The van der Waals surface area contributed by atoms with E-state index in [2.05, 4.69) is 5.32 Å². The third kappa shape index (κ3) is 8.70. The lowest BCUT2D eigenvalue weighted by Gasteiger charge is -2.34. The molecule has 0 aromatic heterocycles. The summed E-state index contributed by atoms with van der Waals surface area (Å²) in [6.45, 7) is 1.58. The van der Waals surface area contributed by atoms with Crippen molar-refractivity contribution in [2.24, 2.45) is 0 Å². The van der Waals surface area contributed by atoms with E-state index in [1.807, 2.05) is 37.3 Å². The van der Waals surface area contributed by atoms with E-state index >= 15 is 0 Å². The number of anilines is 1. The second-order valence-electron chi connectivity index (χ2n) is 11.1. The SMILES string of the molecule is CC[C@@H](C(=O)NC1CCCCC1)N(CCc1ccccc1)C(=O)CN(c1ccc(Cl)cc1)S(=O)(=O)c1ccc(OC)c(OC)c1. The minimum absolute atomic E-state index is 0.0716. The largest absolute Gasteiger partial charge is 0.493 e. The van der Waals surface area contributed by atoms with Gasteiger partial charge in [-0.15, -0.1) is 0 Å². The lowest BCUT2D eigenvalue weighted by Crippen LogP contribution is -2.54. The molecule has 0 radical (unpaired) electrons. The van der Waals surface area contributed by atoms with Gasteiger partial charge in [-0.3, -0.25) is 13.9 Å². The Morgan fingerprint density at radius 1 is 0.933 bits per heavy atom. The summed E-state index contributed by atoms with van der Waals surface area (Å²) in [4.78, 5) is 29.4. The van der Waals surface area contributed by atoms with Gasteiger partial charge < -0.3 is 19.7 Å². The van der Waals surface area contributed by atoms with Crippen LogP contribution < -0.4 is 19.1 Å². The van der Waals surface area contributed by atoms with E-state index in [-0.39, 0.29) is 34.8 Å². The normalized spacial score (nSPS) is 14.3. The molecule has 4 rings (SSSR count). The van der Waals surface area contributed by atoms with E-state index in [4.69, 9.17) is 21.1 Å². The summed E-state index contributed by atoms with van der Waals surface area (Å²) < 4.78 is 40.1. The van der Waals surface area contributed by atoms with Crippen molar-refractivity contribution in [1.82, 2.24) is 10.2 Å². The van der Waals surface area contributed by atoms with Crippen molar-refractivity contribution in [3.63, 3.8) is 0 Å². The van der Waals surface area contributed by atoms with E-state index in [1.165, 1.54) is 37.3 Å². The van der Waals surface area contributed by atoms with Gasteiger partial charge in [-0.2, -0.15) is 0 Å². The fourth-order valence-corrected chi connectivity index (χ4v) is 7.24. The zero-order valence-electron chi connectivity index (χ0n) is 26.1. The third-order valence-corrected chi connectivity index (χ3v) is 10.2. The average Bonchev–Trinajstić information content (AvgIpc) is 3.06. The number of nitrogens with one attached hydrogen (secondary N) is 1. The van der Waals surface area contributed by atoms with Crippen molar-refractivity contribution in [1.29, 1.82) is 0 Å². The number of amides is 2. The van der Waals surface area contributed by atoms with Crippen LogP contribution in [0.4, 0.5) is 5.69 Å². The highest BCUT2D eigenvalue weighted by Crippen LogP contribution is 2.33. The molecule has 1 saturated carbocycles. The first kappa shape index (κ1) is 34.1. The number of methoxy groups -OCH3 is 2. The summed E-state index contributed by atoms with van der Waals surface area (Å²) in [5, 5.41) is 3.59. The Balaban J connectivity index is 1.69. The molecule has 1 aliphatic carbocycles. The quantitative estimate of drug-likeness (QED) is 0.234. The van der Waals surface area contributed by atoms with Gasteiger partial charge in [0.1, 0.15) is 12.6 Å². The summed E-state index contributed by atoms with van der Waals surface area (Å²) in [5.41, 5.74) is 1.26. The number of hydrogen-bond acceptors (Lipinski definition) is 6. The summed E-state index contributed by atoms with van der Waals surface area (Å²) in [6, 6.07) is 19.5. The summed E-state index contributed by atoms with van der Waals surface area (Å²) in [6.07, 6.45) is 5.97. The molecule has 3 aromatic carbocycles. The molecule has 0 bridgehead atoms. The second-order valence-corrected chi connectivity index (χ2v) is 13.4. The minimum atomic E-state index is -4.29. The standard InChI is InChI=1S/C34H42ClN3O6S/c1-4-30(34(40)36-27-13-9-6-10-14-27)37(22-21-25-11-7-5-8-12-25)33(39)24-38(28-17-15-26(35)16-18-28)45(41,42)29-19-20-31(43-2)32(23-29)44-3/h5,7-8,11-12,15-20,23,27,30H,4,6,9-10,13-14,21-22,24H2,1-3H3,(H,36,40)/t30-/m0/s1. The predicted octanol–water partition coefficient (Wildman–Crippen LogP) is 5.85. The lowest BCUT2D eigenvalue weighted by atomic mass is 9.95. The maximum Gasteiger partial charge on any atom is 0.264 e. The second kappa shape index (κ2) is 16.0. The maximum atomic E-state index is 14.3. The Kier molecular flexibility index (Phi) is 12.1. The van der Waals surface area contributed by atoms with Gasteiger partial charge in [0.15, 0.2) is 11.5 Å². The van der Waals surface area contributed by atoms with E-state index in [1.54, 1.807) is 24.3 Å². The molecule has 242 valence electrons. The number of nitrogens with zero attached hydrogens (tertiary/aromatic N) is 2. The van der Waals surface area contributed by atoms with Crippen LogP contribution in [-0.4, -0.2) is 64.5 Å². The molecule has 0 unspecified atom stereocenters. The number of carbonyl (C=O) groups excluding carboxylic acids is 2. The molecule has 1 fully saturated rings. The van der Waals surface area contributed by atoms with Gasteiger partial charge in [0.2, 0.25) is 11.8 Å². The molecule has 1 aliphatic rings. The summed E-state index contributed by atoms with van der Waals surface area (Å²) in [5.74, 6) is -0.106. The molecule has 0 aliphatic heterocycles. The minimum Gasteiger partial charge on any atom is -0.493 e. The van der Waals surface area contributed by atoms with Crippen LogP contribution >= 0.6 is 11.6 Å². The van der Waals surface area contributed by atoms with Crippen LogP contribution in [0.5, 0.6) is 11.5 Å². The number of sulfonamides is 1. The average molecular weight is 656 g/mol. The van der Waals surface area contributed by atoms with Gasteiger partial charge in [-0.05, 0) is 67.6 Å². The Hall–Kier alpha value is -3.76. The first-order valence-corrected chi connectivity index (χ1v) is 17.1. The smallest absolute Gasteiger partial charge is 0.264 e. The van der Waals surface area contributed by atoms with Crippen molar-refractivity contribution >= 4 is 39.1 Å². The van der Waals surface area contributed by atoms with Gasteiger partial charge >= 0.3 is 0 Å². The molecule has 0 spiro atoms. The van der Waals surface area contributed by atoms with Crippen LogP contribution in [0.3, 0.4) is 0 Å². The van der Waals surface area contributed by atoms with E-state index in [9.17, 15) is 18.0 Å². The molecule has 9 nitrogen and oxygen atoms in total. The van der Waals surface area contributed by atoms with Crippen molar-refractivity contribution in [3.8, 4) is 11.5 Å². The molecule has 2 amide bonds. The van der Waals surface area contributed by atoms with Crippen LogP contribution in [0.1, 0.15) is 51.0 Å². The third-order valence-electron chi connectivity index (χ3n) is 8.16. The van der Waals surface area contributed by atoms with E-state index < -0.39 is 28.5 Å². The highest BCUT2D eigenvalue weighted by Gasteiger charge is 2.34. The van der Waals surface area contributed by atoms with Crippen LogP contribution in [-0.2, 0) is 26.0 Å². The Bertz CT molecular complexity index is 1530. The van der Waals surface area contributed by atoms with Gasteiger partial charge in [0.05, 0.1) is 24.8 Å². The fourth-order valence-electron chi connectivity index (χ4n) is 5.68. The van der Waals surface area contributed by atoms with Crippen molar-refractivity contribution < 1.29 is 27.5 Å². The number of halogens is 1. The molecule has 0 heterocycles. The monoisotopic (exact) mass is 655 g/mol. The number of ether oxygens (including phenoxy) is 2. The van der Waals surface area contributed by atoms with Crippen LogP contribution in [0.25, 0.3) is 0 Å². The molecular weight excluding hydrogens is 614 g/mol. The van der Waals surface area contributed by atoms with Crippen LogP contribution in [0, 0.1) is 0 Å². The highest BCUT2D eigenvalue weighted by molar-refractivity contribution is 7.92. The zero-order chi connectivity index (χ0) is 32.4. The summed E-state index contributed by atoms with van der Waals surface area (Å²) >= 11 is 6.13. The van der Waals surface area contributed by atoms with Crippen LogP contribution in [0.15, 0.2) is 77.7 Å². The Morgan fingerprint density at radius 3 is 2.22 bits per heavy atom. The molecular formula is C34H42ClN3O6S. The first-order chi connectivity index (χ1) is 21.7. The number of rotatable bonds is 14. The highest BCUT2D eigenvalue weighted by atomic mass is 35.5. The number of benzene rings is 3. The Morgan fingerprint density at radius 2 is 1.60 bits per heavy atom. The predicted molar refractivity (Wildman–Crippen MR) is 176 cm³/mol. The first-order valence-electron chi connectivity index (χ1n) is 15.3. The molecule has 0 saturated heterocycles. The van der Waals surface area contributed by atoms with Crippen molar-refractivity contribution in [2.75, 3.05) is 31.6 Å². The van der Waals surface area contributed by atoms with Gasteiger partial charge in [0.25, 0.3) is 10.0 Å². The molecule has 3 aromatic rings. The lowest BCUT2D eigenvalue weighted by molar-refractivity contribution is -0.140. The topological polar surface area (TPSA) is 105 Å². The van der Waals surface area contributed by atoms with Gasteiger partial charge in [0, 0.05) is 23.7 Å². The summed E-state index contributed by atoms with van der Waals surface area (Å²) in [7, 11) is -1.41. The fraction of sp³-hybridized carbons (Fsp3) is 0.412.